The highest BCUT2D eigenvalue weighted by Crippen LogP contribution is 2.28. The van der Waals surface area contributed by atoms with Crippen LogP contribution in [0.25, 0.3) is 9.88 Å². The molecule has 1 amide bonds. The lowest BCUT2D eigenvalue weighted by Crippen LogP contribution is -2.28. The van der Waals surface area contributed by atoms with E-state index >= 15 is 0 Å². The molecule has 23 heavy (non-hydrogen) atoms. The molecule has 3 nitrogen and oxygen atoms in total. The maximum atomic E-state index is 12.2. The number of nitrogens with one attached hydrogen (secondary N) is 1. The van der Waals surface area contributed by atoms with Gasteiger partial charge in [0.25, 0.3) is 0 Å². The average Bonchev–Trinajstić information content (AvgIpc) is 3.18. The molecule has 0 radical (unpaired) electrons. The molecule has 0 aliphatic heterocycles. The highest BCUT2D eigenvalue weighted by Gasteiger charge is 2.13. The number of thiophene rings is 1. The lowest BCUT2D eigenvalue weighted by atomic mass is 10.1. The average molecular weight is 363 g/mol. The maximum Gasteiger partial charge on any atom is 0.226 e. The number of nitrogens with zero attached hydrogens (tertiary/aromatic N) is 1. The van der Waals surface area contributed by atoms with Crippen LogP contribution in [-0.2, 0) is 11.2 Å². The van der Waals surface area contributed by atoms with Crippen molar-refractivity contribution in [3.05, 3.63) is 63.4 Å². The van der Waals surface area contributed by atoms with Gasteiger partial charge in [0, 0.05) is 10.4 Å². The first kappa shape index (κ1) is 16.2. The first-order chi connectivity index (χ1) is 11.1. The Morgan fingerprint density at radius 1 is 1.26 bits per heavy atom. The van der Waals surface area contributed by atoms with E-state index in [1.54, 1.807) is 22.7 Å². The van der Waals surface area contributed by atoms with Gasteiger partial charge in [-0.3, -0.25) is 4.79 Å². The van der Waals surface area contributed by atoms with Crippen LogP contribution in [0.1, 0.15) is 24.2 Å². The van der Waals surface area contributed by atoms with Gasteiger partial charge in [0.15, 0.2) is 0 Å². The quantitative estimate of drug-likeness (QED) is 0.698. The largest absolute Gasteiger partial charge is 0.349 e. The summed E-state index contributed by atoms with van der Waals surface area (Å²) in [6.07, 6.45) is 0.291. The molecule has 2 aromatic heterocycles. The highest BCUT2D eigenvalue weighted by molar-refractivity contribution is 7.20. The number of aromatic nitrogens is 1. The molecule has 0 aliphatic rings. The smallest absolute Gasteiger partial charge is 0.226 e. The molecule has 0 fully saturated rings. The van der Waals surface area contributed by atoms with E-state index < -0.39 is 0 Å². The molecular weight excluding hydrogens is 348 g/mol. The van der Waals surface area contributed by atoms with Gasteiger partial charge in [0.2, 0.25) is 5.91 Å². The van der Waals surface area contributed by atoms with Gasteiger partial charge in [-0.25, -0.2) is 4.98 Å². The molecule has 1 N–H and O–H groups in total. The summed E-state index contributed by atoms with van der Waals surface area (Å²) < 4.78 is 0. The minimum absolute atomic E-state index is 0.0320. The second-order valence-electron chi connectivity index (χ2n) is 5.14. The second kappa shape index (κ2) is 7.25. The fourth-order valence-electron chi connectivity index (χ4n) is 2.19. The Bertz CT molecular complexity index is 781. The van der Waals surface area contributed by atoms with Crippen molar-refractivity contribution in [1.29, 1.82) is 0 Å². The number of carbonyl (C=O) groups excluding carboxylic acids is 1. The normalized spacial score (nSPS) is 12.1. The Labute approximate surface area is 148 Å². The van der Waals surface area contributed by atoms with E-state index in [0.29, 0.717) is 11.4 Å². The zero-order valence-corrected chi connectivity index (χ0v) is 14.8. The van der Waals surface area contributed by atoms with E-state index in [9.17, 15) is 4.79 Å². The lowest BCUT2D eigenvalue weighted by Gasteiger charge is -2.14. The van der Waals surface area contributed by atoms with E-state index in [1.807, 2.05) is 54.1 Å². The molecule has 0 saturated heterocycles. The van der Waals surface area contributed by atoms with E-state index in [1.165, 1.54) is 0 Å². The molecule has 118 valence electrons. The Kier molecular flexibility index (Phi) is 5.10. The monoisotopic (exact) mass is 362 g/mol. The number of rotatable bonds is 5. The summed E-state index contributed by atoms with van der Waals surface area (Å²) in [5.74, 6) is -0.0320. The third-order valence-electron chi connectivity index (χ3n) is 3.37. The number of halogens is 1. The van der Waals surface area contributed by atoms with Crippen molar-refractivity contribution in [3.63, 3.8) is 0 Å². The standard InChI is InChI=1S/C17H15ClN2OS2/c1-11(12-4-6-13(18)7-5-12)19-16(21)9-14-10-23-17(20-14)15-3-2-8-22-15/h2-8,10-11H,9H2,1H3,(H,19,21)/t11-/m1/s1. The van der Waals surface area contributed by atoms with Crippen LogP contribution in [0.2, 0.25) is 5.02 Å². The van der Waals surface area contributed by atoms with Gasteiger partial charge in [0.1, 0.15) is 5.01 Å². The molecule has 0 unspecified atom stereocenters. The van der Waals surface area contributed by atoms with Crippen molar-refractivity contribution in [1.82, 2.24) is 10.3 Å². The van der Waals surface area contributed by atoms with Gasteiger partial charge in [-0.15, -0.1) is 22.7 Å². The van der Waals surface area contributed by atoms with Crippen molar-refractivity contribution < 1.29 is 4.79 Å². The minimum Gasteiger partial charge on any atom is -0.349 e. The summed E-state index contributed by atoms with van der Waals surface area (Å²) in [6, 6.07) is 11.5. The van der Waals surface area contributed by atoms with Gasteiger partial charge >= 0.3 is 0 Å². The third-order valence-corrected chi connectivity index (χ3v) is 5.56. The van der Waals surface area contributed by atoms with Crippen LogP contribution in [-0.4, -0.2) is 10.9 Å². The van der Waals surface area contributed by atoms with Crippen molar-refractivity contribution in [2.75, 3.05) is 0 Å². The number of thiazole rings is 1. The summed E-state index contributed by atoms with van der Waals surface area (Å²) in [5.41, 5.74) is 1.83. The Morgan fingerprint density at radius 2 is 2.04 bits per heavy atom. The molecule has 3 rings (SSSR count). The molecular formula is C17H15ClN2OS2. The predicted octanol–water partition coefficient (Wildman–Crippen LogP) is 4.94. The fourth-order valence-corrected chi connectivity index (χ4v) is 3.95. The number of amides is 1. The number of hydrogen-bond donors (Lipinski definition) is 1. The maximum absolute atomic E-state index is 12.2. The van der Waals surface area contributed by atoms with Gasteiger partial charge in [-0.05, 0) is 36.1 Å². The predicted molar refractivity (Wildman–Crippen MR) is 97.1 cm³/mol. The molecule has 1 aromatic carbocycles. The Hall–Kier alpha value is -1.69. The van der Waals surface area contributed by atoms with Crippen molar-refractivity contribution in [3.8, 4) is 9.88 Å². The van der Waals surface area contributed by atoms with Crippen LogP contribution >= 0.6 is 34.3 Å². The summed E-state index contributed by atoms with van der Waals surface area (Å²) >= 11 is 9.11. The van der Waals surface area contributed by atoms with Crippen molar-refractivity contribution in [2.24, 2.45) is 0 Å². The number of carbonyl (C=O) groups is 1. The van der Waals surface area contributed by atoms with Crippen LogP contribution < -0.4 is 5.32 Å². The van der Waals surface area contributed by atoms with Crippen LogP contribution in [0.15, 0.2) is 47.2 Å². The Balaban J connectivity index is 1.60. The molecule has 2 heterocycles. The number of hydrogen-bond acceptors (Lipinski definition) is 4. The fraction of sp³-hybridized carbons (Fsp3) is 0.176. The van der Waals surface area contributed by atoms with Crippen LogP contribution in [0.3, 0.4) is 0 Å². The lowest BCUT2D eigenvalue weighted by molar-refractivity contribution is -0.121. The van der Waals surface area contributed by atoms with Gasteiger partial charge < -0.3 is 5.32 Å². The molecule has 0 spiro atoms. The van der Waals surface area contributed by atoms with Crippen LogP contribution in [0.4, 0.5) is 0 Å². The third kappa shape index (κ3) is 4.19. The summed E-state index contributed by atoms with van der Waals surface area (Å²) in [7, 11) is 0. The first-order valence-corrected chi connectivity index (χ1v) is 9.28. The Morgan fingerprint density at radius 3 is 2.74 bits per heavy atom. The van der Waals surface area contributed by atoms with E-state index in [0.717, 1.165) is 21.1 Å². The molecule has 0 saturated carbocycles. The SMILES string of the molecule is C[C@@H](NC(=O)Cc1csc(-c2cccs2)n1)c1ccc(Cl)cc1. The van der Waals surface area contributed by atoms with Gasteiger partial charge in [0.05, 0.1) is 23.0 Å². The highest BCUT2D eigenvalue weighted by atomic mass is 35.5. The summed E-state index contributed by atoms with van der Waals surface area (Å²) in [4.78, 5) is 17.9. The zero-order valence-electron chi connectivity index (χ0n) is 12.5. The van der Waals surface area contributed by atoms with E-state index in [2.05, 4.69) is 10.3 Å². The molecule has 0 aliphatic carbocycles. The summed E-state index contributed by atoms with van der Waals surface area (Å²) in [6.45, 7) is 1.96. The second-order valence-corrected chi connectivity index (χ2v) is 7.38. The molecule has 1 atom stereocenters. The van der Waals surface area contributed by atoms with Crippen LogP contribution in [0.5, 0.6) is 0 Å². The van der Waals surface area contributed by atoms with Crippen molar-refractivity contribution in [2.45, 2.75) is 19.4 Å². The van der Waals surface area contributed by atoms with E-state index in [4.69, 9.17) is 11.6 Å². The minimum atomic E-state index is -0.0600. The van der Waals surface area contributed by atoms with E-state index in [-0.39, 0.29) is 11.9 Å². The topological polar surface area (TPSA) is 42.0 Å². The number of benzene rings is 1. The molecule has 3 aromatic rings. The van der Waals surface area contributed by atoms with Gasteiger partial charge in [-0.1, -0.05) is 29.8 Å². The molecule has 6 heteroatoms. The zero-order chi connectivity index (χ0) is 16.2. The molecule has 0 bridgehead atoms. The summed E-state index contributed by atoms with van der Waals surface area (Å²) in [5, 5.41) is 8.62. The first-order valence-electron chi connectivity index (χ1n) is 7.15. The van der Waals surface area contributed by atoms with Crippen LogP contribution in [0, 0.1) is 0 Å². The van der Waals surface area contributed by atoms with Crippen molar-refractivity contribution >= 4 is 40.2 Å². The van der Waals surface area contributed by atoms with Gasteiger partial charge in [-0.2, -0.15) is 0 Å².